The fourth-order valence-electron chi connectivity index (χ4n) is 13.4. The first-order chi connectivity index (χ1) is 60.6. The molecule has 0 radical (unpaired) electrons. The molecule has 2 aliphatic rings. The largest absolute Gasteiger partial charge is 0.481 e. The van der Waals surface area contributed by atoms with E-state index in [9.17, 15) is 92.3 Å². The number of aliphatic hydroxyl groups is 2. The van der Waals surface area contributed by atoms with Crippen molar-refractivity contribution in [2.45, 2.75) is 216 Å². The number of nitrogens with zero attached hydrogens (tertiary/aromatic N) is 1. The molecule has 0 spiro atoms. The fourth-order valence-corrected chi connectivity index (χ4v) is 15.8. The lowest BCUT2D eigenvalue weighted by Gasteiger charge is -2.31. The van der Waals surface area contributed by atoms with Crippen LogP contribution in [0.5, 0.6) is 0 Å². The van der Waals surface area contributed by atoms with Gasteiger partial charge in [-0.05, 0) is 101 Å². The predicted molar refractivity (Wildman–Crippen MR) is 461 cm³/mol. The number of benzene rings is 2. The molecule has 49 heteroatoms. The zero-order valence-corrected chi connectivity index (χ0v) is 72.7. The molecule has 0 saturated carbocycles. The molecule has 0 aliphatic carbocycles. The summed E-state index contributed by atoms with van der Waals surface area (Å²) in [5.41, 5.74) is 18.3. The molecule has 6 rings (SSSR count). The molecule has 2 fully saturated rings. The number of para-hydroxylation sites is 2. The molecular formula is C79H113N23O24S2. The Labute approximate surface area is 741 Å². The van der Waals surface area contributed by atoms with Crippen LogP contribution in [0.4, 0.5) is 0 Å². The maximum absolute atomic E-state index is 15.4. The molecule has 4 heterocycles. The number of H-pyrrole nitrogens is 2. The number of hydrogen-bond donors (Lipinski definition) is 26. The van der Waals surface area contributed by atoms with Gasteiger partial charge in [-0.3, -0.25) is 101 Å². The zero-order chi connectivity index (χ0) is 94.8. The Bertz CT molecular complexity index is 4720. The van der Waals surface area contributed by atoms with E-state index in [0.29, 0.717) is 43.7 Å². The number of carbonyl (C=O) groups excluding carboxylic acids is 18. The van der Waals surface area contributed by atoms with E-state index >= 15 is 24.0 Å². The predicted octanol–water partition coefficient (Wildman–Crippen LogP) is -7.42. The normalized spacial score (nSPS) is 22.9. The smallest absolute Gasteiger partial charge is 0.303 e. The summed E-state index contributed by atoms with van der Waals surface area (Å²) in [5, 5.41) is 89.4. The van der Waals surface area contributed by atoms with Gasteiger partial charge in [-0.1, -0.05) is 71.8 Å². The third-order valence-electron chi connectivity index (χ3n) is 20.4. The highest BCUT2D eigenvalue weighted by atomic mass is 33.1. The van der Waals surface area contributed by atoms with Gasteiger partial charge in [0.1, 0.15) is 90.6 Å². The lowest BCUT2D eigenvalue weighted by Crippen LogP contribution is -2.61. The molecule has 18 amide bonds. The molecular weight excluding hydrogens is 1720 g/mol. The van der Waals surface area contributed by atoms with E-state index in [4.69, 9.17) is 22.6 Å². The number of carboxylic acid groups (broad SMARTS) is 2. The minimum atomic E-state index is -2.05. The van der Waals surface area contributed by atoms with Gasteiger partial charge in [0.15, 0.2) is 5.96 Å². The van der Waals surface area contributed by atoms with Crippen LogP contribution < -0.4 is 102 Å². The summed E-state index contributed by atoms with van der Waals surface area (Å²) in [6.45, 7) is 4.61. The molecule has 47 nitrogen and oxygen atoms in total. The van der Waals surface area contributed by atoms with Crippen molar-refractivity contribution in [1.29, 1.82) is 5.41 Å². The Morgan fingerprint density at radius 2 is 0.953 bits per heavy atom. The number of amides is 18. The van der Waals surface area contributed by atoms with E-state index in [1.807, 2.05) is 0 Å². The van der Waals surface area contributed by atoms with Crippen molar-refractivity contribution in [3.8, 4) is 0 Å². The number of aromatic amines is 2. The number of carboxylic acids is 2. The van der Waals surface area contributed by atoms with Crippen LogP contribution >= 0.6 is 21.6 Å². The van der Waals surface area contributed by atoms with Gasteiger partial charge in [0.2, 0.25) is 106 Å². The summed E-state index contributed by atoms with van der Waals surface area (Å²) in [6, 6.07) is -12.6. The van der Waals surface area contributed by atoms with E-state index in [1.54, 1.807) is 62.4 Å². The minimum Gasteiger partial charge on any atom is -0.481 e. The molecule has 2 aliphatic heterocycles. The average Bonchev–Trinajstić information content (AvgIpc) is 1.69. The van der Waals surface area contributed by atoms with Gasteiger partial charge in [-0.15, -0.1) is 0 Å². The van der Waals surface area contributed by atoms with E-state index in [2.05, 4.69) is 95.0 Å². The number of aromatic nitrogens is 2. The van der Waals surface area contributed by atoms with Crippen molar-refractivity contribution in [3.05, 3.63) is 72.1 Å². The average molecular weight is 1830 g/mol. The SMILES string of the molecule is CC(=O)NCC(=O)N[C@H](C)C(=O)N[C@@H]1CSSC[C@H](C(=O)N[C@H](C)C(=O)N[C@H](C)C(N)=O)NC(=O)[C@@H](CC(C)C)NC(=O)[C@@H](Cc2c[nH]c3ccccc23)NC(=O)[C@@H](CCC(=O)O)NC(=O)[C@@H](Cc2c[nH]c3ccccc23)NC(=O)[C@@H](CCC(=O)O)NC(=O)[C@H]2CCCN2C(=O)[C@@H](CCC(N)=O)NC(=O)[C@@H](CO)NC(=O)[C@@H](CCCNC(=N)N)NC(=O)[C@@H](CO)NC1=O. The minimum absolute atomic E-state index is 0.0682. The quantitative estimate of drug-likeness (QED) is 0.00963. The first kappa shape index (κ1) is 104. The second-order valence-corrected chi connectivity index (χ2v) is 33.5. The Morgan fingerprint density at radius 1 is 0.508 bits per heavy atom. The highest BCUT2D eigenvalue weighted by molar-refractivity contribution is 8.76. The molecule has 0 bridgehead atoms. The lowest BCUT2D eigenvalue weighted by molar-refractivity contribution is -0.143. The van der Waals surface area contributed by atoms with E-state index in [1.165, 1.54) is 33.2 Å². The molecule has 128 heavy (non-hydrogen) atoms. The zero-order valence-electron chi connectivity index (χ0n) is 71.1. The second-order valence-electron chi connectivity index (χ2n) is 31.0. The number of primary amides is 2. The number of aliphatic hydroxyl groups excluding tert-OH is 2. The first-order valence-electron chi connectivity index (χ1n) is 41.0. The molecule has 700 valence electrons. The summed E-state index contributed by atoms with van der Waals surface area (Å²) in [4.78, 5) is 287. The lowest BCUT2D eigenvalue weighted by atomic mass is 9.99. The highest BCUT2D eigenvalue weighted by Gasteiger charge is 2.43. The first-order valence-corrected chi connectivity index (χ1v) is 43.5. The van der Waals surface area contributed by atoms with Gasteiger partial charge in [-0.25, -0.2) is 0 Å². The number of rotatable bonds is 31. The van der Waals surface area contributed by atoms with E-state index in [0.717, 1.165) is 22.6 Å². The summed E-state index contributed by atoms with van der Waals surface area (Å²) >= 11 is 0. The topological polar surface area (TPSA) is 752 Å². The van der Waals surface area contributed by atoms with Gasteiger partial charge in [-0.2, -0.15) is 0 Å². The molecule has 2 aromatic heterocycles. The van der Waals surface area contributed by atoms with Gasteiger partial charge >= 0.3 is 11.9 Å². The van der Waals surface area contributed by atoms with Gasteiger partial charge in [0.05, 0.1) is 19.8 Å². The standard InChI is InChI=1S/C79H113N23O24S2/c1-37(2)27-52-70(118)101-57(75(123)90-40(5)65(113)89-38(3)64(81)112)35-127-128-36-58(100-66(114)39(4)88-61(107)32-85-41(6)105)76(124)99-55(33-103)73(121)91-48(17-11-25-84-79(82)83)67(115)98-56(34-104)74(122)94-51(19-22-60(80)106)78(126)102-26-12-18-59(102)77(125)93-50(21-24-63(110)111)69(117)96-53(28-42-30-86-46-15-9-7-13-44(42)46)71(119)92-49(20-23-62(108)109)68(116)97-54(72(120)95-52)29-43-31-87-47-16-10-8-14-45(43)47/h7-10,13-16,30-31,37-40,48-59,86-87,103-104H,11-12,17-29,32-36H2,1-6H3,(H2,80,106)(H2,81,112)(H,85,105)(H,88,107)(H,89,113)(H,90,123)(H,91,121)(H,92,119)(H,93,125)(H,94,122)(H,95,120)(H,96,117)(H,97,116)(H,98,115)(H,99,124)(H,100,114)(H,101,118)(H,108,109)(H,110,111)(H4,82,83,84)/t38-,39-,40-,48-,49-,50-,51-,52-,53-,54-,55-,56-,57-,58-,59-/m1/s1. The molecule has 29 N–H and O–H groups in total. The maximum atomic E-state index is 15.4. The van der Waals surface area contributed by atoms with Crippen LogP contribution in [0.2, 0.25) is 0 Å². The molecule has 0 unspecified atom stereocenters. The van der Waals surface area contributed by atoms with E-state index < -0.39 is 310 Å². The van der Waals surface area contributed by atoms with Crippen molar-refractivity contribution in [2.24, 2.45) is 23.1 Å². The Kier molecular flexibility index (Phi) is 41.1. The van der Waals surface area contributed by atoms with Crippen LogP contribution in [0.1, 0.15) is 123 Å². The van der Waals surface area contributed by atoms with Crippen LogP contribution in [0, 0.1) is 11.3 Å². The summed E-state index contributed by atoms with van der Waals surface area (Å²) < 4.78 is 0. The molecule has 2 saturated heterocycles. The van der Waals surface area contributed by atoms with Gasteiger partial charge < -0.3 is 138 Å². The van der Waals surface area contributed by atoms with Gasteiger partial charge in [0.25, 0.3) is 0 Å². The monoisotopic (exact) mass is 1830 g/mol. The molecule has 2 aromatic carbocycles. The van der Waals surface area contributed by atoms with Crippen LogP contribution in [0.15, 0.2) is 60.9 Å². The summed E-state index contributed by atoms with van der Waals surface area (Å²) in [5.74, 6) is -24.7. The summed E-state index contributed by atoms with van der Waals surface area (Å²) in [6.07, 6.45) is -2.91. The number of nitrogens with one attached hydrogen (secondary N) is 19. The molecule has 15 atom stereocenters. The molecule has 4 aromatic rings. The Morgan fingerprint density at radius 3 is 1.45 bits per heavy atom. The third-order valence-corrected chi connectivity index (χ3v) is 22.8. The van der Waals surface area contributed by atoms with Crippen molar-refractivity contribution in [3.63, 3.8) is 0 Å². The number of nitrogens with two attached hydrogens (primary N) is 3. The number of carbonyl (C=O) groups is 20. The van der Waals surface area contributed by atoms with Gasteiger partial charge in [0, 0.05) is 97.8 Å². The van der Waals surface area contributed by atoms with Crippen molar-refractivity contribution in [2.75, 3.05) is 44.4 Å². The maximum Gasteiger partial charge on any atom is 0.303 e. The Balaban J connectivity index is 1.51. The van der Waals surface area contributed by atoms with Crippen LogP contribution in [-0.4, -0.2) is 295 Å². The van der Waals surface area contributed by atoms with Crippen molar-refractivity contribution < 1.29 is 116 Å². The van der Waals surface area contributed by atoms with Crippen molar-refractivity contribution in [1.82, 2.24) is 99.9 Å². The number of fused-ring (bicyclic) bond motifs is 3. The Hall–Kier alpha value is -13.2. The van der Waals surface area contributed by atoms with Crippen LogP contribution in [-0.2, 0) is 109 Å². The number of aliphatic carboxylic acids is 2. The highest BCUT2D eigenvalue weighted by Crippen LogP contribution is 2.27. The van der Waals surface area contributed by atoms with E-state index in [-0.39, 0.29) is 38.8 Å². The van der Waals surface area contributed by atoms with Crippen LogP contribution in [0.3, 0.4) is 0 Å². The number of guanidine groups is 1. The summed E-state index contributed by atoms with van der Waals surface area (Å²) in [7, 11) is 1.45. The number of hydrogen-bond acceptors (Lipinski definition) is 25. The van der Waals surface area contributed by atoms with Crippen LogP contribution in [0.25, 0.3) is 21.8 Å². The van der Waals surface area contributed by atoms with Crippen molar-refractivity contribution >= 4 is 168 Å². The third kappa shape index (κ3) is 33.0. The fraction of sp³-hybridized carbons (Fsp3) is 0.532. The second kappa shape index (κ2) is 50.8.